The highest BCUT2D eigenvalue weighted by Gasteiger charge is 2.19. The van der Waals surface area contributed by atoms with E-state index in [1.54, 1.807) is 0 Å². The molecule has 98 valence electrons. The molecule has 3 nitrogen and oxygen atoms in total. The number of halogens is 2. The standard InChI is InChI=1S/C13H11BClFO3/c15-11-7-13(12(16)6-10(11)14(17)18)19-8-9-4-2-1-3-5-9/h1-7,17-18H,8H2. The number of benzene rings is 2. The van der Waals surface area contributed by atoms with E-state index in [0.717, 1.165) is 11.6 Å². The van der Waals surface area contributed by atoms with E-state index in [2.05, 4.69) is 0 Å². The van der Waals surface area contributed by atoms with Gasteiger partial charge in [0.25, 0.3) is 0 Å². The summed E-state index contributed by atoms with van der Waals surface area (Å²) in [5, 5.41) is 18.0. The van der Waals surface area contributed by atoms with Crippen LogP contribution in [-0.2, 0) is 6.61 Å². The first-order chi connectivity index (χ1) is 9.08. The van der Waals surface area contributed by atoms with E-state index in [9.17, 15) is 4.39 Å². The molecule has 0 spiro atoms. The van der Waals surface area contributed by atoms with E-state index in [1.807, 2.05) is 30.3 Å². The lowest BCUT2D eigenvalue weighted by atomic mass is 9.80. The Bertz CT molecular complexity index is 563. The predicted octanol–water partition coefficient (Wildman–Crippen LogP) is 1.74. The van der Waals surface area contributed by atoms with Crippen LogP contribution in [0.4, 0.5) is 4.39 Å². The van der Waals surface area contributed by atoms with Crippen LogP contribution < -0.4 is 10.2 Å². The molecule has 0 fully saturated rings. The van der Waals surface area contributed by atoms with Gasteiger partial charge in [0.15, 0.2) is 11.6 Å². The largest absolute Gasteiger partial charge is 0.490 e. The number of hydrogen-bond acceptors (Lipinski definition) is 3. The minimum atomic E-state index is -1.81. The molecule has 2 N–H and O–H groups in total. The van der Waals surface area contributed by atoms with E-state index in [4.69, 9.17) is 26.4 Å². The van der Waals surface area contributed by atoms with Crippen molar-refractivity contribution in [3.63, 3.8) is 0 Å². The average Bonchev–Trinajstić information content (AvgIpc) is 2.40. The fourth-order valence-corrected chi connectivity index (χ4v) is 1.84. The van der Waals surface area contributed by atoms with Crippen molar-refractivity contribution in [1.82, 2.24) is 0 Å². The van der Waals surface area contributed by atoms with E-state index in [0.29, 0.717) is 0 Å². The quantitative estimate of drug-likeness (QED) is 0.839. The number of hydrogen-bond donors (Lipinski definition) is 2. The lowest BCUT2D eigenvalue weighted by molar-refractivity contribution is 0.290. The summed E-state index contributed by atoms with van der Waals surface area (Å²) >= 11 is 5.81. The molecule has 0 aliphatic carbocycles. The van der Waals surface area contributed by atoms with Crippen LogP contribution in [0.1, 0.15) is 5.56 Å². The summed E-state index contributed by atoms with van der Waals surface area (Å²) in [6.07, 6.45) is 0. The molecule has 6 heteroatoms. The molecule has 2 rings (SSSR count). The van der Waals surface area contributed by atoms with Gasteiger partial charge in [-0.2, -0.15) is 0 Å². The van der Waals surface area contributed by atoms with Crippen LogP contribution >= 0.6 is 11.6 Å². The molecule has 0 saturated carbocycles. The van der Waals surface area contributed by atoms with Gasteiger partial charge >= 0.3 is 7.12 Å². The van der Waals surface area contributed by atoms with Crippen molar-refractivity contribution in [2.75, 3.05) is 0 Å². The van der Waals surface area contributed by atoms with Crippen molar-refractivity contribution in [3.05, 3.63) is 58.9 Å². The third-order valence-corrected chi connectivity index (χ3v) is 2.89. The molecular weight excluding hydrogens is 269 g/mol. The van der Waals surface area contributed by atoms with Crippen LogP contribution in [0, 0.1) is 5.82 Å². The normalized spacial score (nSPS) is 10.3. The molecule has 19 heavy (non-hydrogen) atoms. The minimum Gasteiger partial charge on any atom is -0.486 e. The Morgan fingerprint density at radius 1 is 1.16 bits per heavy atom. The monoisotopic (exact) mass is 280 g/mol. The fourth-order valence-electron chi connectivity index (χ4n) is 1.59. The smallest absolute Gasteiger partial charge is 0.486 e. The van der Waals surface area contributed by atoms with Crippen LogP contribution in [0.5, 0.6) is 5.75 Å². The van der Waals surface area contributed by atoms with Crippen LogP contribution in [0.2, 0.25) is 5.02 Å². The molecule has 0 aliphatic heterocycles. The Hall–Kier alpha value is -1.56. The van der Waals surface area contributed by atoms with Gasteiger partial charge in [0.05, 0.1) is 0 Å². The first kappa shape index (κ1) is 13.9. The summed E-state index contributed by atoms with van der Waals surface area (Å²) in [5.41, 5.74) is 0.801. The fraction of sp³-hybridized carbons (Fsp3) is 0.0769. The average molecular weight is 280 g/mol. The molecule has 2 aromatic carbocycles. The maximum absolute atomic E-state index is 13.7. The maximum Gasteiger partial charge on any atom is 0.490 e. The van der Waals surface area contributed by atoms with Crippen molar-refractivity contribution in [2.45, 2.75) is 6.61 Å². The molecule has 0 heterocycles. The van der Waals surface area contributed by atoms with Crippen molar-refractivity contribution < 1.29 is 19.2 Å². The summed E-state index contributed by atoms with van der Waals surface area (Å²) in [5.74, 6) is -0.721. The highest BCUT2D eigenvalue weighted by molar-refractivity contribution is 6.62. The molecular formula is C13H11BClFO3. The van der Waals surface area contributed by atoms with Gasteiger partial charge in [0.1, 0.15) is 6.61 Å². The molecule has 0 amide bonds. The second-order valence-corrected chi connectivity index (χ2v) is 4.36. The molecule has 0 aromatic heterocycles. The van der Waals surface area contributed by atoms with Crippen LogP contribution in [0.25, 0.3) is 0 Å². The Balaban J connectivity index is 2.15. The SMILES string of the molecule is OB(O)c1cc(F)c(OCc2ccccc2)cc1Cl. The summed E-state index contributed by atoms with van der Waals surface area (Å²) < 4.78 is 19.0. The van der Waals surface area contributed by atoms with Crippen LogP contribution in [-0.4, -0.2) is 17.2 Å². The van der Waals surface area contributed by atoms with Gasteiger partial charge in [-0.3, -0.25) is 0 Å². The lowest BCUT2D eigenvalue weighted by Gasteiger charge is -2.10. The van der Waals surface area contributed by atoms with Gasteiger partial charge < -0.3 is 14.8 Å². The molecule has 0 saturated heterocycles. The van der Waals surface area contributed by atoms with Gasteiger partial charge in [-0.15, -0.1) is 0 Å². The van der Waals surface area contributed by atoms with Gasteiger partial charge in [-0.25, -0.2) is 4.39 Å². The molecule has 0 unspecified atom stereocenters. The number of ether oxygens (including phenoxy) is 1. The zero-order chi connectivity index (χ0) is 13.8. The van der Waals surface area contributed by atoms with Crippen LogP contribution in [0.3, 0.4) is 0 Å². The predicted molar refractivity (Wildman–Crippen MR) is 72.0 cm³/mol. The summed E-state index contributed by atoms with van der Waals surface area (Å²) in [7, 11) is -1.81. The maximum atomic E-state index is 13.7. The second-order valence-electron chi connectivity index (χ2n) is 3.95. The third kappa shape index (κ3) is 3.47. The van der Waals surface area contributed by atoms with Crippen molar-refractivity contribution in [2.24, 2.45) is 0 Å². The Kier molecular flexibility index (Phi) is 4.42. The van der Waals surface area contributed by atoms with Crippen molar-refractivity contribution >= 4 is 24.2 Å². The summed E-state index contributed by atoms with van der Waals surface area (Å²) in [6.45, 7) is 0.203. The molecule has 2 aromatic rings. The topological polar surface area (TPSA) is 49.7 Å². The Morgan fingerprint density at radius 2 is 1.84 bits per heavy atom. The Labute approximate surface area is 115 Å². The van der Waals surface area contributed by atoms with Crippen molar-refractivity contribution in [3.8, 4) is 5.75 Å². The molecule has 0 radical (unpaired) electrons. The molecule has 0 atom stereocenters. The number of rotatable bonds is 4. The first-order valence-electron chi connectivity index (χ1n) is 5.59. The van der Waals surface area contributed by atoms with Gasteiger partial charge in [0, 0.05) is 16.6 Å². The van der Waals surface area contributed by atoms with Crippen LogP contribution in [0.15, 0.2) is 42.5 Å². The van der Waals surface area contributed by atoms with E-state index < -0.39 is 12.9 Å². The summed E-state index contributed by atoms with van der Waals surface area (Å²) in [4.78, 5) is 0. The first-order valence-corrected chi connectivity index (χ1v) is 5.97. The summed E-state index contributed by atoms with van der Waals surface area (Å²) in [6, 6.07) is 11.5. The Morgan fingerprint density at radius 3 is 2.47 bits per heavy atom. The van der Waals surface area contributed by atoms with E-state index in [-0.39, 0.29) is 22.8 Å². The second kappa shape index (κ2) is 6.06. The van der Waals surface area contributed by atoms with E-state index >= 15 is 0 Å². The highest BCUT2D eigenvalue weighted by Crippen LogP contribution is 2.22. The third-order valence-electron chi connectivity index (χ3n) is 2.57. The zero-order valence-electron chi connectivity index (χ0n) is 9.88. The van der Waals surface area contributed by atoms with Gasteiger partial charge in [-0.05, 0) is 11.6 Å². The zero-order valence-corrected chi connectivity index (χ0v) is 10.6. The lowest BCUT2D eigenvalue weighted by Crippen LogP contribution is -2.31. The minimum absolute atomic E-state index is 0.0294. The van der Waals surface area contributed by atoms with E-state index in [1.165, 1.54) is 6.07 Å². The van der Waals surface area contributed by atoms with Crippen molar-refractivity contribution in [1.29, 1.82) is 0 Å². The highest BCUT2D eigenvalue weighted by atomic mass is 35.5. The molecule has 0 aliphatic rings. The molecule has 0 bridgehead atoms. The van der Waals surface area contributed by atoms with Gasteiger partial charge in [-0.1, -0.05) is 41.9 Å². The van der Waals surface area contributed by atoms with Gasteiger partial charge in [0.2, 0.25) is 0 Å².